The van der Waals surface area contributed by atoms with Crippen molar-refractivity contribution in [2.45, 2.75) is 6.10 Å². The Kier molecular flexibility index (Phi) is 4.89. The Labute approximate surface area is 129 Å². The van der Waals surface area contributed by atoms with Crippen LogP contribution >= 0.6 is 15.9 Å². The molecule has 6 heteroatoms. The minimum Gasteiger partial charge on any atom is -0.387 e. The van der Waals surface area contributed by atoms with Gasteiger partial charge in [0.15, 0.2) is 11.6 Å². The molecule has 2 N–H and O–H groups in total. The van der Waals surface area contributed by atoms with Crippen LogP contribution in [0, 0.1) is 23.0 Å². The molecular weight excluding hydrogens is 342 g/mol. The molecule has 108 valence electrons. The summed E-state index contributed by atoms with van der Waals surface area (Å²) in [6, 6.07) is 10.3. The Morgan fingerprint density at radius 2 is 1.95 bits per heavy atom. The number of nitrogens with zero attached hydrogens (tertiary/aromatic N) is 1. The van der Waals surface area contributed by atoms with Crippen LogP contribution in [0.2, 0.25) is 0 Å². The summed E-state index contributed by atoms with van der Waals surface area (Å²) in [6.45, 7) is 0.121. The lowest BCUT2D eigenvalue weighted by Gasteiger charge is -2.14. The fourth-order valence-electron chi connectivity index (χ4n) is 1.77. The maximum Gasteiger partial charge on any atom is 0.159 e. The number of rotatable bonds is 4. The van der Waals surface area contributed by atoms with E-state index >= 15 is 0 Å². The highest BCUT2D eigenvalue weighted by Gasteiger charge is 2.11. The summed E-state index contributed by atoms with van der Waals surface area (Å²) in [5.74, 6) is -1.94. The van der Waals surface area contributed by atoms with Crippen LogP contribution in [0.25, 0.3) is 0 Å². The van der Waals surface area contributed by atoms with Crippen LogP contribution in [-0.2, 0) is 0 Å². The highest BCUT2D eigenvalue weighted by Crippen LogP contribution is 2.24. The van der Waals surface area contributed by atoms with E-state index in [1.54, 1.807) is 18.2 Å². The minimum absolute atomic E-state index is 0.121. The molecule has 0 heterocycles. The van der Waals surface area contributed by atoms with Gasteiger partial charge in [0.25, 0.3) is 0 Å². The van der Waals surface area contributed by atoms with Gasteiger partial charge in [-0.15, -0.1) is 0 Å². The van der Waals surface area contributed by atoms with Gasteiger partial charge in [-0.25, -0.2) is 8.78 Å². The van der Waals surface area contributed by atoms with E-state index in [-0.39, 0.29) is 12.1 Å². The van der Waals surface area contributed by atoms with Gasteiger partial charge in [-0.1, -0.05) is 6.07 Å². The van der Waals surface area contributed by atoms with E-state index in [2.05, 4.69) is 21.2 Å². The summed E-state index contributed by atoms with van der Waals surface area (Å²) >= 11 is 3.31. The first kappa shape index (κ1) is 15.4. The van der Waals surface area contributed by atoms with E-state index in [1.165, 1.54) is 6.07 Å². The Balaban J connectivity index is 2.05. The van der Waals surface area contributed by atoms with Crippen LogP contribution in [0.1, 0.15) is 17.2 Å². The van der Waals surface area contributed by atoms with E-state index in [4.69, 9.17) is 5.26 Å². The molecule has 0 fully saturated rings. The molecule has 0 aliphatic heterocycles. The second kappa shape index (κ2) is 6.66. The predicted octanol–water partition coefficient (Wildman–Crippen LogP) is 3.74. The summed E-state index contributed by atoms with van der Waals surface area (Å²) in [6.07, 6.45) is -0.984. The molecule has 0 aliphatic carbocycles. The number of halogens is 3. The first-order valence-electron chi connectivity index (χ1n) is 6.08. The Hall–Kier alpha value is -1.97. The predicted molar refractivity (Wildman–Crippen MR) is 78.7 cm³/mol. The summed E-state index contributed by atoms with van der Waals surface area (Å²) in [4.78, 5) is 0. The van der Waals surface area contributed by atoms with Gasteiger partial charge in [-0.2, -0.15) is 5.26 Å². The molecule has 3 nitrogen and oxygen atoms in total. The summed E-state index contributed by atoms with van der Waals surface area (Å²) in [5, 5.41) is 21.7. The molecule has 0 saturated carbocycles. The van der Waals surface area contributed by atoms with Crippen molar-refractivity contribution >= 4 is 21.6 Å². The SMILES string of the molecule is N#Cc1ccc(NCC(O)c2ccc(F)c(F)c2)c(Br)c1. The monoisotopic (exact) mass is 352 g/mol. The highest BCUT2D eigenvalue weighted by molar-refractivity contribution is 9.10. The molecule has 0 bridgehead atoms. The summed E-state index contributed by atoms with van der Waals surface area (Å²) in [7, 11) is 0. The molecule has 0 amide bonds. The average molecular weight is 353 g/mol. The lowest BCUT2D eigenvalue weighted by molar-refractivity contribution is 0.191. The third-order valence-corrected chi connectivity index (χ3v) is 3.57. The summed E-state index contributed by atoms with van der Waals surface area (Å²) in [5.41, 5.74) is 1.48. The van der Waals surface area contributed by atoms with Crippen molar-refractivity contribution in [1.82, 2.24) is 0 Å². The van der Waals surface area contributed by atoms with E-state index in [0.717, 1.165) is 12.1 Å². The first-order chi connectivity index (χ1) is 10.0. The molecule has 21 heavy (non-hydrogen) atoms. The van der Waals surface area contributed by atoms with Crippen LogP contribution in [0.4, 0.5) is 14.5 Å². The van der Waals surface area contributed by atoms with Crippen LogP contribution < -0.4 is 5.32 Å². The number of hydrogen-bond acceptors (Lipinski definition) is 3. The Bertz CT molecular complexity index is 701. The molecular formula is C15H11BrF2N2O. The molecule has 1 unspecified atom stereocenters. The molecule has 1 atom stereocenters. The van der Waals surface area contributed by atoms with Crippen molar-refractivity contribution in [2.24, 2.45) is 0 Å². The van der Waals surface area contributed by atoms with Crippen molar-refractivity contribution in [2.75, 3.05) is 11.9 Å². The standard InChI is InChI=1S/C15H11BrF2N2O/c16-11-5-9(7-19)1-4-14(11)20-8-15(21)10-2-3-12(17)13(18)6-10/h1-6,15,20-21H,8H2. The number of aliphatic hydroxyl groups excluding tert-OH is 1. The number of nitrogens with one attached hydrogen (secondary N) is 1. The Morgan fingerprint density at radius 3 is 2.57 bits per heavy atom. The van der Waals surface area contributed by atoms with Crippen molar-refractivity contribution in [3.63, 3.8) is 0 Å². The van der Waals surface area contributed by atoms with Crippen LogP contribution in [0.5, 0.6) is 0 Å². The van der Waals surface area contributed by atoms with Crippen molar-refractivity contribution in [1.29, 1.82) is 5.26 Å². The van der Waals surface area contributed by atoms with Crippen LogP contribution in [-0.4, -0.2) is 11.7 Å². The Morgan fingerprint density at radius 1 is 1.19 bits per heavy atom. The normalized spacial score (nSPS) is 11.8. The molecule has 0 radical (unpaired) electrons. The average Bonchev–Trinajstić information content (AvgIpc) is 2.48. The molecule has 0 saturated heterocycles. The third kappa shape index (κ3) is 3.78. The van der Waals surface area contributed by atoms with E-state index < -0.39 is 17.7 Å². The summed E-state index contributed by atoms with van der Waals surface area (Å²) < 4.78 is 26.6. The van der Waals surface area contributed by atoms with Gasteiger partial charge in [-0.05, 0) is 51.8 Å². The lowest BCUT2D eigenvalue weighted by Crippen LogP contribution is -2.12. The third-order valence-electron chi connectivity index (χ3n) is 2.91. The number of hydrogen-bond donors (Lipinski definition) is 2. The fourth-order valence-corrected chi connectivity index (χ4v) is 2.29. The number of benzene rings is 2. The molecule has 2 aromatic carbocycles. The molecule has 0 aromatic heterocycles. The number of anilines is 1. The van der Waals surface area contributed by atoms with E-state index in [0.29, 0.717) is 15.7 Å². The van der Waals surface area contributed by atoms with Gasteiger partial charge < -0.3 is 10.4 Å². The fraction of sp³-hybridized carbons (Fsp3) is 0.133. The van der Waals surface area contributed by atoms with Gasteiger partial charge in [0, 0.05) is 16.7 Å². The zero-order valence-electron chi connectivity index (χ0n) is 10.8. The van der Waals surface area contributed by atoms with Crippen LogP contribution in [0.3, 0.4) is 0 Å². The topological polar surface area (TPSA) is 56.0 Å². The second-order valence-electron chi connectivity index (χ2n) is 4.38. The smallest absolute Gasteiger partial charge is 0.159 e. The molecule has 0 spiro atoms. The van der Waals surface area contributed by atoms with Gasteiger partial charge in [-0.3, -0.25) is 0 Å². The highest BCUT2D eigenvalue weighted by atomic mass is 79.9. The maximum atomic E-state index is 13.1. The quantitative estimate of drug-likeness (QED) is 0.880. The molecule has 0 aliphatic rings. The largest absolute Gasteiger partial charge is 0.387 e. The van der Waals surface area contributed by atoms with Crippen LogP contribution in [0.15, 0.2) is 40.9 Å². The molecule has 2 rings (SSSR count). The van der Waals surface area contributed by atoms with Crippen molar-refractivity contribution in [3.8, 4) is 6.07 Å². The zero-order chi connectivity index (χ0) is 15.4. The van der Waals surface area contributed by atoms with Gasteiger partial charge in [0.1, 0.15) is 0 Å². The second-order valence-corrected chi connectivity index (χ2v) is 5.23. The van der Waals surface area contributed by atoms with Crippen molar-refractivity contribution in [3.05, 3.63) is 63.6 Å². The van der Waals surface area contributed by atoms with Gasteiger partial charge in [0.2, 0.25) is 0 Å². The zero-order valence-corrected chi connectivity index (χ0v) is 12.4. The minimum atomic E-state index is -0.994. The van der Waals surface area contributed by atoms with Gasteiger partial charge in [0.05, 0.1) is 17.7 Å². The van der Waals surface area contributed by atoms with E-state index in [9.17, 15) is 13.9 Å². The van der Waals surface area contributed by atoms with Crippen molar-refractivity contribution < 1.29 is 13.9 Å². The lowest BCUT2D eigenvalue weighted by atomic mass is 10.1. The number of aliphatic hydroxyl groups is 1. The maximum absolute atomic E-state index is 13.1. The van der Waals surface area contributed by atoms with Gasteiger partial charge >= 0.3 is 0 Å². The van der Waals surface area contributed by atoms with E-state index in [1.807, 2.05) is 6.07 Å². The number of nitriles is 1. The first-order valence-corrected chi connectivity index (χ1v) is 6.87. The molecule has 2 aromatic rings.